The first-order valence-electron chi connectivity index (χ1n) is 3.58. The van der Waals surface area contributed by atoms with Crippen LogP contribution in [0.1, 0.15) is 0 Å². The van der Waals surface area contributed by atoms with Crippen molar-refractivity contribution in [1.82, 2.24) is 0 Å². The molecule has 0 fully saturated rings. The molecule has 0 aromatic carbocycles. The molecule has 14 heavy (non-hydrogen) atoms. The van der Waals surface area contributed by atoms with E-state index in [0.29, 0.717) is 0 Å². The maximum Gasteiger partial charge on any atom is 4.00 e. The molecule has 0 aliphatic rings. The molecule has 0 atom stereocenters. The number of hydrogen-bond acceptors (Lipinski definition) is 0. The zero-order chi connectivity index (χ0) is 10.8. The van der Waals surface area contributed by atoms with Gasteiger partial charge in [-0.05, 0) is 0 Å². The molecule has 0 aromatic rings. The van der Waals surface area contributed by atoms with Gasteiger partial charge in [-0.25, -0.2) is 0 Å². The fraction of sp³-hybridized carbons (Fsp3) is 1.00. The average molecular weight is 272 g/mol. The minimum atomic E-state index is 0. The Morgan fingerprint density at radius 1 is 0.429 bits per heavy atom. The summed E-state index contributed by atoms with van der Waals surface area (Å²) in [6.07, 6.45) is 0. The van der Waals surface area contributed by atoms with E-state index < -0.39 is 0 Å². The van der Waals surface area contributed by atoms with Gasteiger partial charge in [-0.3, -0.25) is 0 Å². The van der Waals surface area contributed by atoms with E-state index in [9.17, 15) is 0 Å². The van der Waals surface area contributed by atoms with Crippen molar-refractivity contribution in [2.45, 2.75) is 0 Å². The zero-order valence-electron chi connectivity index (χ0n) is 10.8. The van der Waals surface area contributed by atoms with Gasteiger partial charge in [0, 0.05) is 21.7 Å². The maximum absolute atomic E-state index is 3.50. The van der Waals surface area contributed by atoms with Crippen LogP contribution in [0.25, 0.3) is 21.3 Å². The van der Waals surface area contributed by atoms with Crippen LogP contribution in [0.4, 0.5) is 0 Å². The first kappa shape index (κ1) is 36.2. The average Bonchev–Trinajstić information content (AvgIpc) is 1.92. The molecule has 0 N–H and O–H groups in total. The standard InChI is InChI=1S/4C2H6N.2Ti/c4*1-3-2;;/h4*1-2H3;;/q4*-1;;+4. The van der Waals surface area contributed by atoms with Crippen molar-refractivity contribution in [2.75, 3.05) is 56.4 Å². The van der Waals surface area contributed by atoms with Gasteiger partial charge >= 0.3 is 21.7 Å². The molecule has 84 valence electrons. The van der Waals surface area contributed by atoms with E-state index in [1.54, 1.807) is 56.4 Å². The van der Waals surface area contributed by atoms with Crippen molar-refractivity contribution in [3.05, 3.63) is 21.3 Å². The summed E-state index contributed by atoms with van der Waals surface area (Å²) in [4.78, 5) is 0. The quantitative estimate of drug-likeness (QED) is 0.608. The van der Waals surface area contributed by atoms with Crippen LogP contribution in [-0.4, -0.2) is 56.4 Å². The Labute approximate surface area is 121 Å². The van der Waals surface area contributed by atoms with E-state index in [1.165, 1.54) is 0 Å². The predicted molar refractivity (Wildman–Crippen MR) is 60.8 cm³/mol. The zero-order valence-corrected chi connectivity index (χ0v) is 13.9. The summed E-state index contributed by atoms with van der Waals surface area (Å²) < 4.78 is 0. The third-order valence-corrected chi connectivity index (χ3v) is 0. The van der Waals surface area contributed by atoms with Gasteiger partial charge in [0.25, 0.3) is 0 Å². The Hall–Kier alpha value is 1.27. The minimum Gasteiger partial charge on any atom is -0.668 e. The second kappa shape index (κ2) is 90.5. The van der Waals surface area contributed by atoms with Crippen molar-refractivity contribution in [3.8, 4) is 0 Å². The molecule has 0 aliphatic heterocycles. The third-order valence-electron chi connectivity index (χ3n) is 0. The van der Waals surface area contributed by atoms with Gasteiger partial charge in [0.05, 0.1) is 0 Å². The summed E-state index contributed by atoms with van der Waals surface area (Å²) in [7, 11) is 14.0. The minimum absolute atomic E-state index is 0. The van der Waals surface area contributed by atoms with Gasteiger partial charge in [-0.15, -0.1) is 0 Å². The van der Waals surface area contributed by atoms with E-state index >= 15 is 0 Å². The molecule has 0 aromatic heterocycles. The molecule has 0 saturated carbocycles. The molecule has 0 spiro atoms. The fourth-order valence-electron chi connectivity index (χ4n) is 0. The Bertz CT molecular complexity index is 27.3. The van der Waals surface area contributed by atoms with E-state index in [1.807, 2.05) is 0 Å². The first-order chi connectivity index (χ1) is 5.66. The van der Waals surface area contributed by atoms with Crippen LogP contribution in [-0.2, 0) is 43.4 Å². The van der Waals surface area contributed by atoms with Gasteiger partial charge in [-0.2, -0.15) is 56.4 Å². The van der Waals surface area contributed by atoms with Gasteiger partial charge in [0.2, 0.25) is 0 Å². The molecule has 4 nitrogen and oxygen atoms in total. The molecule has 0 saturated heterocycles. The molecule has 0 amide bonds. The Morgan fingerprint density at radius 3 is 0.429 bits per heavy atom. The van der Waals surface area contributed by atoms with Gasteiger partial charge < -0.3 is 21.3 Å². The molecule has 0 radical (unpaired) electrons. The summed E-state index contributed by atoms with van der Waals surface area (Å²) in [6, 6.07) is 0. The molecular formula is C8H24N4Ti2. The molecule has 6 heteroatoms. The summed E-state index contributed by atoms with van der Waals surface area (Å²) >= 11 is 0. The molecule has 0 heterocycles. The molecule has 0 rings (SSSR count). The van der Waals surface area contributed by atoms with E-state index in [2.05, 4.69) is 21.3 Å². The second-order valence-electron chi connectivity index (χ2n) is 1.79. The van der Waals surface area contributed by atoms with Crippen LogP contribution >= 0.6 is 0 Å². The molecule has 0 aliphatic carbocycles. The smallest absolute Gasteiger partial charge is 0.668 e. The predicted octanol–water partition coefficient (Wildman–Crippen LogP) is 2.47. The first-order valence-corrected chi connectivity index (χ1v) is 3.58. The summed E-state index contributed by atoms with van der Waals surface area (Å²) in [5.74, 6) is 0. The molecular weight excluding hydrogens is 248 g/mol. The second-order valence-corrected chi connectivity index (χ2v) is 1.79. The van der Waals surface area contributed by atoms with Gasteiger partial charge in [0.1, 0.15) is 0 Å². The van der Waals surface area contributed by atoms with Crippen LogP contribution in [0, 0.1) is 0 Å². The monoisotopic (exact) mass is 272 g/mol. The summed E-state index contributed by atoms with van der Waals surface area (Å²) in [6.45, 7) is 0. The molecule has 0 bridgehead atoms. The Kier molecular flexibility index (Phi) is 234. The van der Waals surface area contributed by atoms with Crippen molar-refractivity contribution in [1.29, 1.82) is 0 Å². The van der Waals surface area contributed by atoms with E-state index in [-0.39, 0.29) is 43.4 Å². The number of hydrogen-bond donors (Lipinski definition) is 0. The van der Waals surface area contributed by atoms with Crippen molar-refractivity contribution in [3.63, 3.8) is 0 Å². The fourth-order valence-corrected chi connectivity index (χ4v) is 0. The Balaban J connectivity index is -0.0000000145. The van der Waals surface area contributed by atoms with Gasteiger partial charge in [0.15, 0.2) is 0 Å². The van der Waals surface area contributed by atoms with Crippen LogP contribution < -0.4 is 0 Å². The molecule has 0 unspecified atom stereocenters. The van der Waals surface area contributed by atoms with Crippen LogP contribution in [0.5, 0.6) is 0 Å². The van der Waals surface area contributed by atoms with Crippen molar-refractivity contribution < 1.29 is 43.4 Å². The van der Waals surface area contributed by atoms with Crippen LogP contribution in [0.15, 0.2) is 0 Å². The van der Waals surface area contributed by atoms with Crippen molar-refractivity contribution >= 4 is 0 Å². The van der Waals surface area contributed by atoms with Crippen LogP contribution in [0.2, 0.25) is 0 Å². The summed E-state index contributed by atoms with van der Waals surface area (Å²) in [5.41, 5.74) is 0. The maximum atomic E-state index is 3.50. The van der Waals surface area contributed by atoms with E-state index in [0.717, 1.165) is 0 Å². The largest absolute Gasteiger partial charge is 4.00 e. The Morgan fingerprint density at radius 2 is 0.429 bits per heavy atom. The van der Waals surface area contributed by atoms with Gasteiger partial charge in [-0.1, -0.05) is 0 Å². The number of nitrogens with zero attached hydrogens (tertiary/aromatic N) is 4. The third kappa shape index (κ3) is 1240. The van der Waals surface area contributed by atoms with Crippen LogP contribution in [0.3, 0.4) is 0 Å². The van der Waals surface area contributed by atoms with Crippen molar-refractivity contribution in [2.24, 2.45) is 0 Å². The SMILES string of the molecule is C[N-]C.C[N-]C.C[N-]C.C[N-]C.[Ti+4].[Ti]. The van der Waals surface area contributed by atoms with E-state index in [4.69, 9.17) is 0 Å². The normalized spacial score (nSPS) is 5.14. The summed E-state index contributed by atoms with van der Waals surface area (Å²) in [5, 5.41) is 14.0. The topological polar surface area (TPSA) is 56.4 Å². The number of rotatable bonds is 0.